The highest BCUT2D eigenvalue weighted by Crippen LogP contribution is 2.10. The minimum atomic E-state index is -0.292. The number of hydrogen-bond donors (Lipinski definition) is 1. The molecule has 1 aromatic heterocycles. The molecule has 4 heteroatoms. The SMILES string of the molecule is CCOC(=O)/C=C/CNc1ccsc1. The third-order valence-corrected chi connectivity index (χ3v) is 2.17. The van der Waals surface area contributed by atoms with Crippen molar-refractivity contribution in [2.45, 2.75) is 6.92 Å². The first-order valence-corrected chi connectivity index (χ1v) is 5.36. The van der Waals surface area contributed by atoms with Gasteiger partial charge in [-0.15, -0.1) is 0 Å². The fourth-order valence-corrected chi connectivity index (χ4v) is 1.50. The average Bonchev–Trinajstić information content (AvgIpc) is 2.65. The molecule has 0 aliphatic carbocycles. The minimum absolute atomic E-state index is 0.292. The van der Waals surface area contributed by atoms with Crippen molar-refractivity contribution >= 4 is 23.0 Å². The van der Waals surface area contributed by atoms with Gasteiger partial charge in [-0.1, -0.05) is 6.08 Å². The lowest BCUT2D eigenvalue weighted by molar-refractivity contribution is -0.137. The smallest absolute Gasteiger partial charge is 0.330 e. The minimum Gasteiger partial charge on any atom is -0.463 e. The Hall–Kier alpha value is -1.29. The summed E-state index contributed by atoms with van der Waals surface area (Å²) in [5.41, 5.74) is 1.07. The predicted octanol–water partition coefficient (Wildman–Crippen LogP) is 2.28. The van der Waals surface area contributed by atoms with Crippen molar-refractivity contribution in [2.75, 3.05) is 18.5 Å². The molecule has 0 bridgehead atoms. The van der Waals surface area contributed by atoms with Crippen LogP contribution in [0.3, 0.4) is 0 Å². The molecule has 76 valence electrons. The largest absolute Gasteiger partial charge is 0.463 e. The summed E-state index contributed by atoms with van der Waals surface area (Å²) in [5.74, 6) is -0.292. The van der Waals surface area contributed by atoms with Crippen LogP contribution in [0.1, 0.15) is 6.92 Å². The van der Waals surface area contributed by atoms with E-state index in [4.69, 9.17) is 4.74 Å². The van der Waals surface area contributed by atoms with E-state index in [1.165, 1.54) is 6.08 Å². The molecule has 0 radical (unpaired) electrons. The second kappa shape index (κ2) is 6.21. The second-order valence-corrected chi connectivity index (χ2v) is 3.33. The van der Waals surface area contributed by atoms with Crippen molar-refractivity contribution in [1.82, 2.24) is 0 Å². The monoisotopic (exact) mass is 211 g/mol. The van der Waals surface area contributed by atoms with Crippen molar-refractivity contribution < 1.29 is 9.53 Å². The van der Waals surface area contributed by atoms with Crippen LogP contribution in [0.15, 0.2) is 29.0 Å². The molecule has 0 amide bonds. The van der Waals surface area contributed by atoms with Gasteiger partial charge < -0.3 is 10.1 Å². The fraction of sp³-hybridized carbons (Fsp3) is 0.300. The Labute approximate surface area is 87.4 Å². The maximum Gasteiger partial charge on any atom is 0.330 e. The maximum absolute atomic E-state index is 10.9. The molecule has 0 aliphatic rings. The number of ether oxygens (including phenoxy) is 1. The van der Waals surface area contributed by atoms with Gasteiger partial charge >= 0.3 is 5.97 Å². The molecule has 1 N–H and O–H groups in total. The van der Waals surface area contributed by atoms with Gasteiger partial charge in [0.1, 0.15) is 0 Å². The van der Waals surface area contributed by atoms with Crippen LogP contribution in [0.4, 0.5) is 5.69 Å². The van der Waals surface area contributed by atoms with Gasteiger partial charge in [0, 0.05) is 23.7 Å². The topological polar surface area (TPSA) is 38.3 Å². The molecule has 1 heterocycles. The van der Waals surface area contributed by atoms with Gasteiger partial charge in [0.2, 0.25) is 0 Å². The molecular weight excluding hydrogens is 198 g/mol. The standard InChI is InChI=1S/C10H13NO2S/c1-2-13-10(12)4-3-6-11-9-5-7-14-8-9/h3-5,7-8,11H,2,6H2,1H3/b4-3+. The second-order valence-electron chi connectivity index (χ2n) is 2.55. The van der Waals surface area contributed by atoms with Gasteiger partial charge in [-0.25, -0.2) is 4.79 Å². The molecule has 0 aliphatic heterocycles. The lowest BCUT2D eigenvalue weighted by Crippen LogP contribution is -2.01. The molecule has 0 unspecified atom stereocenters. The lowest BCUT2D eigenvalue weighted by Gasteiger charge is -1.98. The molecule has 0 saturated carbocycles. The zero-order valence-corrected chi connectivity index (χ0v) is 8.84. The number of thiophene rings is 1. The Morgan fingerprint density at radius 2 is 2.57 bits per heavy atom. The molecule has 3 nitrogen and oxygen atoms in total. The van der Waals surface area contributed by atoms with E-state index in [9.17, 15) is 4.79 Å². The van der Waals surface area contributed by atoms with Crippen LogP contribution in [0.5, 0.6) is 0 Å². The van der Waals surface area contributed by atoms with E-state index in [1.807, 2.05) is 16.8 Å². The highest BCUT2D eigenvalue weighted by Gasteiger charge is 1.92. The molecule has 1 aromatic rings. The van der Waals surface area contributed by atoms with Crippen LogP contribution >= 0.6 is 11.3 Å². The van der Waals surface area contributed by atoms with Crippen LogP contribution in [0.2, 0.25) is 0 Å². The first-order valence-electron chi connectivity index (χ1n) is 4.42. The number of anilines is 1. The van der Waals surface area contributed by atoms with Crippen LogP contribution in [0.25, 0.3) is 0 Å². The number of carbonyl (C=O) groups excluding carboxylic acids is 1. The van der Waals surface area contributed by atoms with Crippen molar-refractivity contribution in [1.29, 1.82) is 0 Å². The summed E-state index contributed by atoms with van der Waals surface area (Å²) in [6.45, 7) is 2.84. The Kier molecular flexibility index (Phi) is 4.78. The summed E-state index contributed by atoms with van der Waals surface area (Å²) in [5, 5.41) is 7.15. The Morgan fingerprint density at radius 1 is 1.71 bits per heavy atom. The molecule has 0 atom stereocenters. The Balaban J connectivity index is 2.18. The predicted molar refractivity (Wildman–Crippen MR) is 58.6 cm³/mol. The van der Waals surface area contributed by atoms with Gasteiger partial charge in [0.25, 0.3) is 0 Å². The summed E-state index contributed by atoms with van der Waals surface area (Å²) in [7, 11) is 0. The zero-order chi connectivity index (χ0) is 10.2. The van der Waals surface area contributed by atoms with Crippen molar-refractivity contribution in [3.63, 3.8) is 0 Å². The highest BCUT2D eigenvalue weighted by molar-refractivity contribution is 7.08. The lowest BCUT2D eigenvalue weighted by atomic mass is 10.4. The van der Waals surface area contributed by atoms with Crippen molar-refractivity contribution in [3.05, 3.63) is 29.0 Å². The summed E-state index contributed by atoms with van der Waals surface area (Å²) in [4.78, 5) is 10.9. The van der Waals surface area contributed by atoms with Crippen molar-refractivity contribution in [3.8, 4) is 0 Å². The number of rotatable bonds is 5. The van der Waals surface area contributed by atoms with E-state index >= 15 is 0 Å². The van der Waals surface area contributed by atoms with Gasteiger partial charge in [-0.05, 0) is 18.4 Å². The molecule has 0 aromatic carbocycles. The molecule has 1 rings (SSSR count). The summed E-state index contributed by atoms with van der Waals surface area (Å²) in [6.07, 6.45) is 3.18. The first kappa shape index (κ1) is 10.8. The zero-order valence-electron chi connectivity index (χ0n) is 8.03. The maximum atomic E-state index is 10.9. The Bertz CT molecular complexity index is 293. The molecule has 0 spiro atoms. The van der Waals surface area contributed by atoms with E-state index in [0.717, 1.165) is 5.69 Å². The number of hydrogen-bond acceptors (Lipinski definition) is 4. The van der Waals surface area contributed by atoms with Gasteiger partial charge in [-0.3, -0.25) is 0 Å². The molecular formula is C10H13NO2S. The average molecular weight is 211 g/mol. The van der Waals surface area contributed by atoms with E-state index in [0.29, 0.717) is 13.2 Å². The quantitative estimate of drug-likeness (QED) is 0.600. The fourth-order valence-electron chi connectivity index (χ4n) is 0.887. The third kappa shape index (κ3) is 4.09. The molecule has 14 heavy (non-hydrogen) atoms. The molecule has 0 fully saturated rings. The summed E-state index contributed by atoms with van der Waals surface area (Å²) >= 11 is 1.63. The number of esters is 1. The van der Waals surface area contributed by atoms with E-state index < -0.39 is 0 Å². The number of carbonyl (C=O) groups is 1. The van der Waals surface area contributed by atoms with Gasteiger partial charge in [0.15, 0.2) is 0 Å². The third-order valence-electron chi connectivity index (χ3n) is 1.49. The van der Waals surface area contributed by atoms with Gasteiger partial charge in [-0.2, -0.15) is 11.3 Å². The highest BCUT2D eigenvalue weighted by atomic mass is 32.1. The summed E-state index contributed by atoms with van der Waals surface area (Å²) < 4.78 is 4.73. The summed E-state index contributed by atoms with van der Waals surface area (Å²) in [6, 6.07) is 1.99. The first-order chi connectivity index (χ1) is 6.83. The van der Waals surface area contributed by atoms with Crippen molar-refractivity contribution in [2.24, 2.45) is 0 Å². The Morgan fingerprint density at radius 3 is 3.21 bits per heavy atom. The molecule has 0 saturated heterocycles. The van der Waals surface area contributed by atoms with E-state index in [2.05, 4.69) is 5.32 Å². The van der Waals surface area contributed by atoms with E-state index in [1.54, 1.807) is 24.3 Å². The number of nitrogens with one attached hydrogen (secondary N) is 1. The normalized spacial score (nSPS) is 10.4. The van der Waals surface area contributed by atoms with Crippen LogP contribution < -0.4 is 5.32 Å². The van der Waals surface area contributed by atoms with Gasteiger partial charge in [0.05, 0.1) is 6.61 Å². The van der Waals surface area contributed by atoms with Crippen LogP contribution in [0, 0.1) is 0 Å². The van der Waals surface area contributed by atoms with E-state index in [-0.39, 0.29) is 5.97 Å². The van der Waals surface area contributed by atoms with Crippen LogP contribution in [-0.4, -0.2) is 19.1 Å². The van der Waals surface area contributed by atoms with Crippen LogP contribution in [-0.2, 0) is 9.53 Å².